The molecule has 8 aromatic carbocycles. The predicted octanol–water partition coefficient (Wildman–Crippen LogP) is 13.5. The van der Waals surface area contributed by atoms with Crippen LogP contribution in [0.1, 0.15) is 0 Å². The van der Waals surface area contributed by atoms with Gasteiger partial charge in [-0.3, -0.25) is 0 Å². The van der Waals surface area contributed by atoms with Crippen molar-refractivity contribution in [3.05, 3.63) is 158 Å². The number of hydrogen-bond donors (Lipinski definition) is 0. The monoisotopic (exact) mass is 686 g/mol. The Morgan fingerprint density at radius 2 is 0.941 bits per heavy atom. The fourth-order valence-corrected chi connectivity index (χ4v) is 9.93. The average Bonchev–Trinajstić information content (AvgIpc) is 3.57. The first kappa shape index (κ1) is 28.9. The summed E-state index contributed by atoms with van der Waals surface area (Å²) in [4.78, 5) is 15.7. The molecule has 51 heavy (non-hydrogen) atoms. The Labute approximate surface area is 302 Å². The van der Waals surface area contributed by atoms with E-state index in [9.17, 15) is 0 Å². The minimum atomic E-state index is 0.699. The van der Waals surface area contributed by atoms with Crippen LogP contribution in [0.15, 0.2) is 182 Å². The lowest BCUT2D eigenvalue weighted by Gasteiger charge is -2.21. The lowest BCUT2D eigenvalue weighted by atomic mass is 9.93. The molecule has 11 rings (SSSR count). The van der Waals surface area contributed by atoms with Crippen molar-refractivity contribution in [1.82, 2.24) is 9.97 Å². The van der Waals surface area contributed by atoms with Crippen LogP contribution in [0, 0.1) is 0 Å². The highest BCUT2D eigenvalue weighted by molar-refractivity contribution is 8.05. The van der Waals surface area contributed by atoms with E-state index in [1.54, 1.807) is 0 Å². The number of benzene rings is 8. The quantitative estimate of drug-likeness (QED) is 0.173. The topological polar surface area (TPSA) is 38.9 Å². The number of hydrogen-bond acceptors (Lipinski definition) is 5. The number of furan rings is 1. The summed E-state index contributed by atoms with van der Waals surface area (Å²) < 4.78 is 6.19. The van der Waals surface area contributed by atoms with Gasteiger partial charge < -0.3 is 4.42 Å². The van der Waals surface area contributed by atoms with Gasteiger partial charge in [0.05, 0.1) is 11.4 Å². The Morgan fingerprint density at radius 3 is 1.73 bits per heavy atom. The molecule has 0 bridgehead atoms. The molecule has 10 aromatic rings. The molecule has 0 N–H and O–H groups in total. The fraction of sp³-hybridized carbons (Fsp3) is 0. The van der Waals surface area contributed by atoms with Crippen molar-refractivity contribution < 1.29 is 4.42 Å². The molecule has 0 aliphatic carbocycles. The summed E-state index contributed by atoms with van der Waals surface area (Å²) in [6, 6.07) is 56.0. The van der Waals surface area contributed by atoms with Crippen LogP contribution in [0.25, 0.3) is 88.2 Å². The Hall–Kier alpha value is -5.88. The van der Waals surface area contributed by atoms with Crippen LogP contribution in [-0.2, 0) is 0 Å². The maximum Gasteiger partial charge on any atom is 0.160 e. The first-order valence-corrected chi connectivity index (χ1v) is 18.6. The molecule has 5 heteroatoms. The van der Waals surface area contributed by atoms with Crippen LogP contribution >= 0.6 is 23.5 Å². The molecule has 3 heterocycles. The molecular weight excluding hydrogens is 661 g/mol. The lowest BCUT2D eigenvalue weighted by Crippen LogP contribution is -1.98. The van der Waals surface area contributed by atoms with Crippen molar-refractivity contribution in [2.75, 3.05) is 0 Å². The van der Waals surface area contributed by atoms with E-state index >= 15 is 0 Å². The predicted molar refractivity (Wildman–Crippen MR) is 213 cm³/mol. The SMILES string of the molecule is c1ccc2c(c1)Sc1cccc(-c3cc(-c4ccc5oc6ccccc6c5c4)nc(-c4ccc5c6ccccc6c6ccccc6c5c4)n3)c1S2. The molecule has 0 spiro atoms. The number of nitrogens with zero attached hydrogens (tertiary/aromatic N) is 2. The van der Waals surface area contributed by atoms with Crippen LogP contribution in [0.4, 0.5) is 0 Å². The minimum absolute atomic E-state index is 0.699. The molecule has 0 unspecified atom stereocenters. The van der Waals surface area contributed by atoms with Crippen LogP contribution < -0.4 is 0 Å². The third kappa shape index (κ3) is 4.62. The van der Waals surface area contributed by atoms with Crippen molar-refractivity contribution in [3.63, 3.8) is 0 Å². The van der Waals surface area contributed by atoms with Gasteiger partial charge in [0.2, 0.25) is 0 Å². The van der Waals surface area contributed by atoms with E-state index in [-0.39, 0.29) is 0 Å². The highest BCUT2D eigenvalue weighted by Gasteiger charge is 2.22. The summed E-state index contributed by atoms with van der Waals surface area (Å²) in [5.41, 5.74) is 6.64. The summed E-state index contributed by atoms with van der Waals surface area (Å²) in [7, 11) is 0. The highest BCUT2D eigenvalue weighted by atomic mass is 32.2. The smallest absolute Gasteiger partial charge is 0.160 e. The molecule has 0 fully saturated rings. The van der Waals surface area contributed by atoms with E-state index in [1.807, 2.05) is 35.7 Å². The summed E-state index contributed by atoms with van der Waals surface area (Å²) in [6.07, 6.45) is 0. The minimum Gasteiger partial charge on any atom is -0.456 e. The number of fused-ring (bicyclic) bond motifs is 11. The zero-order valence-corrected chi connectivity index (χ0v) is 28.8. The van der Waals surface area contributed by atoms with Crippen molar-refractivity contribution in [2.24, 2.45) is 0 Å². The Balaban J connectivity index is 1.15. The van der Waals surface area contributed by atoms with Gasteiger partial charge in [0, 0.05) is 47.0 Å². The summed E-state index contributed by atoms with van der Waals surface area (Å²) in [5, 5.41) is 9.60. The van der Waals surface area contributed by atoms with Gasteiger partial charge in [-0.25, -0.2) is 9.97 Å². The van der Waals surface area contributed by atoms with E-state index in [0.717, 1.165) is 50.0 Å². The van der Waals surface area contributed by atoms with Crippen LogP contribution in [-0.4, -0.2) is 9.97 Å². The lowest BCUT2D eigenvalue weighted by molar-refractivity contribution is 0.669. The standard InChI is InChI=1S/C46H26N2OS2/c1-2-12-31-29(10-1)30-11-3-4-13-32(30)36-25-28(20-22-33(31)36)46-47-38(27-21-23-41-37(24-27)34-14-5-6-16-40(34)49-41)26-39(48-46)35-15-9-19-44-45(35)51-43-18-8-7-17-42(43)50-44/h1-26H. The second-order valence-corrected chi connectivity index (χ2v) is 15.0. The van der Waals surface area contributed by atoms with Crippen LogP contribution in [0.5, 0.6) is 0 Å². The largest absolute Gasteiger partial charge is 0.456 e. The van der Waals surface area contributed by atoms with Gasteiger partial charge >= 0.3 is 0 Å². The molecule has 238 valence electrons. The zero-order chi connectivity index (χ0) is 33.5. The molecule has 0 amide bonds. The molecule has 3 nitrogen and oxygen atoms in total. The van der Waals surface area contributed by atoms with Crippen molar-refractivity contribution in [1.29, 1.82) is 0 Å². The molecule has 0 saturated carbocycles. The van der Waals surface area contributed by atoms with E-state index < -0.39 is 0 Å². The Morgan fingerprint density at radius 1 is 0.373 bits per heavy atom. The molecule has 0 atom stereocenters. The number of rotatable bonds is 3. The van der Waals surface area contributed by atoms with Crippen LogP contribution in [0.3, 0.4) is 0 Å². The zero-order valence-electron chi connectivity index (χ0n) is 27.1. The summed E-state index contributed by atoms with van der Waals surface area (Å²) in [5.74, 6) is 0.699. The average molecular weight is 687 g/mol. The van der Waals surface area contributed by atoms with Gasteiger partial charge in [0.25, 0.3) is 0 Å². The van der Waals surface area contributed by atoms with E-state index in [1.165, 1.54) is 51.9 Å². The van der Waals surface area contributed by atoms with Gasteiger partial charge in [-0.2, -0.15) is 0 Å². The second kappa shape index (κ2) is 11.3. The molecule has 0 saturated heterocycles. The maximum absolute atomic E-state index is 6.19. The van der Waals surface area contributed by atoms with E-state index in [0.29, 0.717) is 5.82 Å². The molecule has 2 aromatic heterocycles. The normalized spacial score (nSPS) is 12.5. The third-order valence-corrected chi connectivity index (χ3v) is 12.6. The van der Waals surface area contributed by atoms with E-state index in [4.69, 9.17) is 14.4 Å². The molecule has 1 aliphatic rings. The summed E-state index contributed by atoms with van der Waals surface area (Å²) >= 11 is 3.65. The number of aromatic nitrogens is 2. The first-order chi connectivity index (χ1) is 25.2. The Kier molecular flexibility index (Phi) is 6.42. The molecule has 0 radical (unpaired) electrons. The van der Waals surface area contributed by atoms with Gasteiger partial charge in [-0.05, 0) is 86.9 Å². The Bertz CT molecular complexity index is 3020. The number of para-hydroxylation sites is 1. The van der Waals surface area contributed by atoms with Crippen molar-refractivity contribution in [3.8, 4) is 33.9 Å². The van der Waals surface area contributed by atoms with Gasteiger partial charge in [-0.15, -0.1) is 0 Å². The maximum atomic E-state index is 6.19. The van der Waals surface area contributed by atoms with Gasteiger partial charge in [-0.1, -0.05) is 127 Å². The molecular formula is C46H26N2OS2. The first-order valence-electron chi connectivity index (χ1n) is 17.0. The van der Waals surface area contributed by atoms with Gasteiger partial charge in [0.1, 0.15) is 11.2 Å². The fourth-order valence-electron chi connectivity index (χ4n) is 7.54. The third-order valence-electron chi connectivity index (χ3n) is 9.94. The van der Waals surface area contributed by atoms with Crippen LogP contribution in [0.2, 0.25) is 0 Å². The van der Waals surface area contributed by atoms with E-state index in [2.05, 4.69) is 146 Å². The second-order valence-electron chi connectivity index (χ2n) is 12.9. The van der Waals surface area contributed by atoms with Crippen molar-refractivity contribution >= 4 is 77.8 Å². The highest BCUT2D eigenvalue weighted by Crippen LogP contribution is 2.51. The summed E-state index contributed by atoms with van der Waals surface area (Å²) in [6.45, 7) is 0. The van der Waals surface area contributed by atoms with Gasteiger partial charge in [0.15, 0.2) is 5.82 Å². The molecule has 1 aliphatic heterocycles. The van der Waals surface area contributed by atoms with Crippen molar-refractivity contribution in [2.45, 2.75) is 19.6 Å².